The van der Waals surface area contributed by atoms with Crippen LogP contribution >= 0.6 is 0 Å². The zero-order valence-corrected chi connectivity index (χ0v) is 37.0. The van der Waals surface area contributed by atoms with E-state index in [1.54, 1.807) is 21.0 Å². The average Bonchev–Trinajstić information content (AvgIpc) is 3.23. The normalized spacial score (nSPS) is 22.1. The lowest BCUT2D eigenvalue weighted by molar-refractivity contribution is -0.385. The quantitative estimate of drug-likeness (QED) is 0.163. The molecule has 3 aliphatic heterocycles. The predicted molar refractivity (Wildman–Crippen MR) is 230 cm³/mol. The van der Waals surface area contributed by atoms with Crippen LogP contribution in [-0.2, 0) is 15.7 Å². The van der Waals surface area contributed by atoms with Crippen molar-refractivity contribution < 1.29 is 37.2 Å². The van der Waals surface area contributed by atoms with Crippen molar-refractivity contribution in [2.24, 2.45) is 17.3 Å². The number of anilines is 1. The minimum atomic E-state index is -4.75. The molecule has 2 aromatic carbocycles. The number of hydrogen-bond acceptors (Lipinski definition) is 10. The van der Waals surface area contributed by atoms with Gasteiger partial charge in [0, 0.05) is 62.2 Å². The minimum Gasteiger partial charge on any atom is -0.496 e. The van der Waals surface area contributed by atoms with Gasteiger partial charge in [0.05, 0.1) is 29.2 Å². The first-order valence-corrected chi connectivity index (χ1v) is 22.3. The van der Waals surface area contributed by atoms with Gasteiger partial charge in [0.1, 0.15) is 23.0 Å². The topological polar surface area (TPSA) is 143 Å². The van der Waals surface area contributed by atoms with Crippen molar-refractivity contribution in [2.45, 2.75) is 123 Å². The molecule has 62 heavy (non-hydrogen) atoms. The maximum absolute atomic E-state index is 13.9. The molecule has 1 saturated carbocycles. The first-order chi connectivity index (χ1) is 29.3. The second-order valence-electron chi connectivity index (χ2n) is 19.3. The summed E-state index contributed by atoms with van der Waals surface area (Å²) in [6.45, 7) is 15.5. The number of non-ortho nitro benzene ring substituents is 1. The Bertz CT molecular complexity index is 2110. The number of alkyl halides is 3. The van der Waals surface area contributed by atoms with Crippen LogP contribution in [0.15, 0.2) is 30.3 Å². The number of nitrogens with one attached hydrogen (secondary N) is 1. The number of amides is 2. The molecule has 0 bridgehead atoms. The first-order valence-electron chi connectivity index (χ1n) is 22.3. The van der Waals surface area contributed by atoms with Crippen molar-refractivity contribution in [1.29, 1.82) is 0 Å². The van der Waals surface area contributed by atoms with Crippen LogP contribution in [0.3, 0.4) is 0 Å². The summed E-state index contributed by atoms with van der Waals surface area (Å²) in [5.74, 6) is 2.43. The molecule has 0 radical (unpaired) electrons. The number of halogens is 3. The summed E-state index contributed by atoms with van der Waals surface area (Å²) in [6, 6.07) is 5.68. The number of benzene rings is 2. The van der Waals surface area contributed by atoms with Crippen molar-refractivity contribution in [1.82, 2.24) is 24.7 Å². The number of nitro groups is 1. The van der Waals surface area contributed by atoms with Crippen LogP contribution in [0.25, 0.3) is 10.9 Å². The highest BCUT2D eigenvalue weighted by atomic mass is 19.4. The van der Waals surface area contributed by atoms with Crippen LogP contribution in [0.4, 0.5) is 29.5 Å². The van der Waals surface area contributed by atoms with Gasteiger partial charge in [-0.05, 0) is 152 Å². The van der Waals surface area contributed by atoms with Gasteiger partial charge in [0.2, 0.25) is 5.91 Å². The third-order valence-electron chi connectivity index (χ3n) is 13.8. The Balaban J connectivity index is 0.916. The molecular formula is C46H62F3N7O6. The maximum Gasteiger partial charge on any atom is 0.416 e. The summed E-state index contributed by atoms with van der Waals surface area (Å²) in [5, 5.41) is 15.4. The number of carbonyl (C=O) groups excluding carboxylic acids is 2. The van der Waals surface area contributed by atoms with Crippen molar-refractivity contribution in [2.75, 3.05) is 58.2 Å². The van der Waals surface area contributed by atoms with E-state index in [2.05, 4.69) is 25.1 Å². The number of aryl methyl sites for hydroxylation is 1. The number of methoxy groups -OCH3 is 1. The SMILES string of the molecule is COc1cc2nc(C)nc(N[C@H](C)c3cc([N+](=O)[O-])cc(C(F)(F)F)c3)c2cc1C1CCC(C(=O)N2CCC(CN3CCC4(CC3)CCN(C(=O)OC(C)(C)C)CC4)CC2)CC1. The third-order valence-corrected chi connectivity index (χ3v) is 13.8. The lowest BCUT2D eigenvalue weighted by atomic mass is 9.71. The molecule has 1 aromatic heterocycles. The summed E-state index contributed by atoms with van der Waals surface area (Å²) in [4.78, 5) is 52.9. The average molecular weight is 866 g/mol. The van der Waals surface area contributed by atoms with E-state index in [-0.39, 0.29) is 29.4 Å². The summed E-state index contributed by atoms with van der Waals surface area (Å²) in [5.41, 5.74) is -0.243. The van der Waals surface area contributed by atoms with E-state index in [1.165, 1.54) is 12.8 Å². The zero-order valence-electron chi connectivity index (χ0n) is 37.0. The van der Waals surface area contributed by atoms with Crippen molar-refractivity contribution in [3.63, 3.8) is 0 Å². The number of aromatic nitrogens is 2. The molecule has 0 unspecified atom stereocenters. The van der Waals surface area contributed by atoms with E-state index in [9.17, 15) is 32.9 Å². The lowest BCUT2D eigenvalue weighted by Gasteiger charge is -2.47. The number of hydrogen-bond donors (Lipinski definition) is 1. The molecule has 1 spiro atoms. The number of nitro benzene ring substituents is 1. The second-order valence-corrected chi connectivity index (χ2v) is 19.3. The maximum atomic E-state index is 13.9. The van der Waals surface area contributed by atoms with E-state index >= 15 is 0 Å². The molecule has 7 rings (SSSR count). The molecule has 4 aliphatic rings. The minimum absolute atomic E-state index is 0.0325. The zero-order chi connectivity index (χ0) is 44.6. The van der Waals surface area contributed by atoms with Crippen molar-refractivity contribution in [3.05, 3.63) is 63.0 Å². The smallest absolute Gasteiger partial charge is 0.416 e. The van der Waals surface area contributed by atoms with Crippen LogP contribution in [0, 0.1) is 34.3 Å². The summed E-state index contributed by atoms with van der Waals surface area (Å²) in [7, 11) is 1.61. The summed E-state index contributed by atoms with van der Waals surface area (Å²) >= 11 is 0. The first kappa shape index (κ1) is 45.3. The van der Waals surface area contributed by atoms with Gasteiger partial charge in [-0.15, -0.1) is 0 Å². The largest absolute Gasteiger partial charge is 0.496 e. The molecule has 13 nitrogen and oxygen atoms in total. The molecule has 4 fully saturated rings. The molecule has 4 heterocycles. The second kappa shape index (κ2) is 18.2. The van der Waals surface area contributed by atoms with Gasteiger partial charge >= 0.3 is 12.3 Å². The fraction of sp³-hybridized carbons (Fsp3) is 0.652. The Kier molecular flexibility index (Phi) is 13.3. The molecule has 338 valence electrons. The van der Waals surface area contributed by atoms with Crippen LogP contribution < -0.4 is 10.1 Å². The standard InChI is InChI=1S/C46H62F3N7O6/c1-29(34-23-35(46(47,48)49)25-36(24-34)56(59)60)50-41-38-26-37(40(61-6)27-39(38)51-30(2)52-41)32-7-9-33(10-8-32)42(57)54-17-11-31(12-18-54)28-53-19-13-45(14-20-53)15-21-55(22-16-45)43(58)62-44(3,4)5/h23-27,29,31-33H,7-22,28H2,1-6H3,(H,50,51,52)/t29-,32?,33?/m1/s1. The number of ether oxygens (including phenoxy) is 2. The van der Waals surface area contributed by atoms with Gasteiger partial charge in [0.15, 0.2) is 0 Å². The number of likely N-dealkylation sites (tertiary alicyclic amines) is 3. The van der Waals surface area contributed by atoms with E-state index in [1.807, 2.05) is 37.8 Å². The van der Waals surface area contributed by atoms with Crippen LogP contribution in [0.1, 0.15) is 126 Å². The van der Waals surface area contributed by atoms with Gasteiger partial charge in [-0.2, -0.15) is 13.2 Å². The Labute approximate surface area is 362 Å². The number of fused-ring (bicyclic) bond motifs is 1. The van der Waals surface area contributed by atoms with E-state index in [4.69, 9.17) is 9.47 Å². The van der Waals surface area contributed by atoms with Crippen molar-refractivity contribution >= 4 is 34.4 Å². The number of carbonyl (C=O) groups is 2. The van der Waals surface area contributed by atoms with E-state index in [0.717, 1.165) is 115 Å². The van der Waals surface area contributed by atoms with E-state index in [0.29, 0.717) is 45.7 Å². The van der Waals surface area contributed by atoms with Crippen LogP contribution in [-0.4, -0.2) is 100 Å². The molecule has 16 heteroatoms. The molecule has 1 N–H and O–H groups in total. The Morgan fingerprint density at radius 1 is 0.903 bits per heavy atom. The van der Waals surface area contributed by atoms with Gasteiger partial charge in [-0.25, -0.2) is 14.8 Å². The van der Waals surface area contributed by atoms with Crippen LogP contribution in [0.5, 0.6) is 5.75 Å². The van der Waals surface area contributed by atoms with E-state index < -0.39 is 34.0 Å². The summed E-state index contributed by atoms with van der Waals surface area (Å²) < 4.78 is 52.5. The molecule has 2 amide bonds. The number of rotatable bonds is 9. The van der Waals surface area contributed by atoms with Gasteiger partial charge < -0.3 is 29.5 Å². The predicted octanol–water partition coefficient (Wildman–Crippen LogP) is 9.67. The highest BCUT2D eigenvalue weighted by Crippen LogP contribution is 2.44. The number of nitrogens with zero attached hydrogens (tertiary/aromatic N) is 6. The van der Waals surface area contributed by atoms with Crippen LogP contribution in [0.2, 0.25) is 0 Å². The highest BCUT2D eigenvalue weighted by molar-refractivity contribution is 5.91. The highest BCUT2D eigenvalue weighted by Gasteiger charge is 2.40. The third kappa shape index (κ3) is 10.5. The van der Waals surface area contributed by atoms with Gasteiger partial charge in [-0.3, -0.25) is 14.9 Å². The van der Waals surface area contributed by atoms with Crippen molar-refractivity contribution in [3.8, 4) is 5.75 Å². The Morgan fingerprint density at radius 3 is 2.15 bits per heavy atom. The fourth-order valence-electron chi connectivity index (χ4n) is 10.1. The molecule has 3 aromatic rings. The molecule has 3 saturated heterocycles. The molecule has 1 aliphatic carbocycles. The van der Waals surface area contributed by atoms with Gasteiger partial charge in [-0.1, -0.05) is 0 Å². The monoisotopic (exact) mass is 865 g/mol. The molecular weight excluding hydrogens is 804 g/mol. The lowest BCUT2D eigenvalue weighted by Crippen LogP contribution is -2.50. The van der Waals surface area contributed by atoms with Gasteiger partial charge in [0.25, 0.3) is 5.69 Å². The molecule has 1 atom stereocenters. The Hall–Kier alpha value is -4.73. The Morgan fingerprint density at radius 2 is 1.55 bits per heavy atom. The fourth-order valence-corrected chi connectivity index (χ4v) is 10.1. The number of piperidine rings is 3. The summed E-state index contributed by atoms with van der Waals surface area (Å²) in [6.07, 6.45) is 4.61.